The number of carbonyl (C=O) groups excluding carboxylic acids is 2. The van der Waals surface area contributed by atoms with Crippen molar-refractivity contribution >= 4 is 29.1 Å². The number of hydrogen-bond donors (Lipinski definition) is 2. The summed E-state index contributed by atoms with van der Waals surface area (Å²) in [6.45, 7) is 0.578. The smallest absolute Gasteiger partial charge is 0.355 e. The molecule has 1 aliphatic rings. The van der Waals surface area contributed by atoms with E-state index in [9.17, 15) is 27.2 Å². The van der Waals surface area contributed by atoms with Gasteiger partial charge in [0, 0.05) is 6.54 Å². The number of halogens is 5. The van der Waals surface area contributed by atoms with Crippen molar-refractivity contribution in [3.8, 4) is 0 Å². The van der Waals surface area contributed by atoms with Crippen LogP contribution in [0.1, 0.15) is 18.4 Å². The van der Waals surface area contributed by atoms with E-state index < -0.39 is 29.4 Å². The van der Waals surface area contributed by atoms with E-state index >= 15 is 0 Å². The van der Waals surface area contributed by atoms with Crippen LogP contribution < -0.4 is 10.6 Å². The first kappa shape index (κ1) is 21.7. The number of hydrogen-bond acceptors (Lipinski definition) is 2. The normalized spacial score (nSPS) is 16.5. The molecule has 0 spiro atoms. The van der Waals surface area contributed by atoms with Crippen LogP contribution in [0.5, 0.6) is 0 Å². The number of amides is 2. The van der Waals surface area contributed by atoms with E-state index in [2.05, 4.69) is 10.6 Å². The van der Waals surface area contributed by atoms with Crippen LogP contribution in [0.4, 0.5) is 23.2 Å². The van der Waals surface area contributed by atoms with Gasteiger partial charge in [0.1, 0.15) is 5.92 Å². The second kappa shape index (κ2) is 9.54. The van der Waals surface area contributed by atoms with E-state index in [-0.39, 0.29) is 16.6 Å². The van der Waals surface area contributed by atoms with Gasteiger partial charge in [-0.1, -0.05) is 48.0 Å². The zero-order valence-corrected chi connectivity index (χ0v) is 15.3. The zero-order chi connectivity index (χ0) is 20.7. The second-order valence-corrected chi connectivity index (χ2v) is 6.35. The average molecular weight is 417 g/mol. The topological polar surface area (TPSA) is 58.2 Å². The lowest BCUT2D eigenvalue weighted by Crippen LogP contribution is -2.42. The van der Waals surface area contributed by atoms with Gasteiger partial charge in [0.2, 0.25) is 11.8 Å². The minimum absolute atomic E-state index is 0.00845. The molecule has 0 aliphatic carbocycles. The first-order chi connectivity index (χ1) is 13.2. The van der Waals surface area contributed by atoms with Gasteiger partial charge in [0.15, 0.2) is 5.82 Å². The first-order valence-electron chi connectivity index (χ1n) is 8.35. The van der Waals surface area contributed by atoms with Gasteiger partial charge in [-0.05, 0) is 25.0 Å². The highest BCUT2D eigenvalue weighted by molar-refractivity contribution is 6.31. The molecule has 2 N–H and O–H groups in total. The SMILES string of the molecule is FC(F)(F)c1ccccc1.O=C1NCCC[C@H]1C(=O)Nc1cccc(Cl)c1F. The standard InChI is InChI=1S/C12H12ClFN2O2.C7H5F3/c13-8-4-1-5-9(10(8)14)16-12(18)7-3-2-6-15-11(7)17;8-7(9,10)6-4-2-1-3-5-6/h1,4-5,7H,2-3,6H2,(H,15,17)(H,16,18);1-5H/t7-;/m1./s1. The van der Waals surface area contributed by atoms with Crippen molar-refractivity contribution in [2.45, 2.75) is 19.0 Å². The Balaban J connectivity index is 0.000000237. The summed E-state index contributed by atoms with van der Waals surface area (Å²) >= 11 is 5.61. The maximum absolute atomic E-state index is 13.6. The van der Waals surface area contributed by atoms with E-state index in [0.717, 1.165) is 18.6 Å². The van der Waals surface area contributed by atoms with Crippen molar-refractivity contribution in [1.29, 1.82) is 0 Å². The van der Waals surface area contributed by atoms with Gasteiger partial charge in [-0.2, -0.15) is 13.2 Å². The number of nitrogens with one attached hydrogen (secondary N) is 2. The highest BCUT2D eigenvalue weighted by Gasteiger charge is 2.30. The highest BCUT2D eigenvalue weighted by atomic mass is 35.5. The third-order valence-electron chi connectivity index (χ3n) is 3.91. The fourth-order valence-corrected chi connectivity index (χ4v) is 2.64. The Morgan fingerprint density at radius 3 is 2.36 bits per heavy atom. The summed E-state index contributed by atoms with van der Waals surface area (Å²) in [6.07, 6.45) is -3.00. The predicted molar refractivity (Wildman–Crippen MR) is 97.2 cm³/mol. The minimum atomic E-state index is -4.21. The van der Waals surface area contributed by atoms with Gasteiger partial charge in [-0.3, -0.25) is 9.59 Å². The quantitative estimate of drug-likeness (QED) is 0.553. The molecular weight excluding hydrogens is 400 g/mol. The van der Waals surface area contributed by atoms with Gasteiger partial charge in [-0.15, -0.1) is 0 Å². The van der Waals surface area contributed by atoms with Crippen LogP contribution in [0.2, 0.25) is 5.02 Å². The maximum atomic E-state index is 13.6. The van der Waals surface area contributed by atoms with Crippen molar-refractivity contribution in [2.75, 3.05) is 11.9 Å². The van der Waals surface area contributed by atoms with Crippen molar-refractivity contribution in [2.24, 2.45) is 5.92 Å². The monoisotopic (exact) mass is 416 g/mol. The molecule has 1 saturated heterocycles. The van der Waals surface area contributed by atoms with Crippen molar-refractivity contribution in [3.63, 3.8) is 0 Å². The molecule has 1 heterocycles. The molecule has 150 valence electrons. The summed E-state index contributed by atoms with van der Waals surface area (Å²) < 4.78 is 48.9. The predicted octanol–water partition coefficient (Wildman–Crippen LogP) is 4.65. The highest BCUT2D eigenvalue weighted by Crippen LogP contribution is 2.28. The average Bonchev–Trinajstić information content (AvgIpc) is 2.66. The van der Waals surface area contributed by atoms with Gasteiger partial charge in [0.05, 0.1) is 16.3 Å². The molecule has 4 nitrogen and oxygen atoms in total. The summed E-state index contributed by atoms with van der Waals surface area (Å²) in [5.41, 5.74) is -0.610. The molecule has 2 amide bonds. The number of anilines is 1. The Morgan fingerprint density at radius 2 is 1.79 bits per heavy atom. The summed E-state index contributed by atoms with van der Waals surface area (Å²) in [4.78, 5) is 23.3. The molecule has 0 unspecified atom stereocenters. The van der Waals surface area contributed by atoms with Gasteiger partial charge < -0.3 is 10.6 Å². The Hall–Kier alpha value is -2.61. The van der Waals surface area contributed by atoms with E-state index in [0.29, 0.717) is 13.0 Å². The van der Waals surface area contributed by atoms with Crippen molar-refractivity contribution in [3.05, 3.63) is 64.9 Å². The van der Waals surface area contributed by atoms with Crippen LogP contribution in [0.3, 0.4) is 0 Å². The summed E-state index contributed by atoms with van der Waals surface area (Å²) in [5.74, 6) is -2.28. The lowest BCUT2D eigenvalue weighted by Gasteiger charge is -2.21. The lowest BCUT2D eigenvalue weighted by atomic mass is 9.98. The number of alkyl halides is 3. The third-order valence-corrected chi connectivity index (χ3v) is 4.20. The molecular formula is C19H17ClF4N2O2. The molecule has 28 heavy (non-hydrogen) atoms. The molecule has 2 aromatic rings. The molecule has 2 aromatic carbocycles. The van der Waals surface area contributed by atoms with E-state index in [1.807, 2.05) is 0 Å². The third kappa shape index (κ3) is 5.95. The molecule has 1 atom stereocenters. The summed E-state index contributed by atoms with van der Waals surface area (Å²) in [7, 11) is 0. The van der Waals surface area contributed by atoms with Gasteiger partial charge >= 0.3 is 6.18 Å². The fourth-order valence-electron chi connectivity index (χ4n) is 2.47. The molecule has 0 aromatic heterocycles. The fraction of sp³-hybridized carbons (Fsp3) is 0.263. The Bertz CT molecular complexity index is 828. The van der Waals surface area contributed by atoms with Crippen LogP contribution in [-0.4, -0.2) is 18.4 Å². The molecule has 0 radical (unpaired) electrons. The van der Waals surface area contributed by atoms with E-state index in [4.69, 9.17) is 11.6 Å². The Kier molecular flexibility index (Phi) is 7.39. The Morgan fingerprint density at radius 1 is 1.11 bits per heavy atom. The number of carbonyl (C=O) groups is 2. The number of rotatable bonds is 2. The second-order valence-electron chi connectivity index (χ2n) is 5.94. The van der Waals surface area contributed by atoms with Crippen molar-refractivity contribution < 1.29 is 27.2 Å². The molecule has 0 saturated carbocycles. The van der Waals surface area contributed by atoms with Crippen molar-refractivity contribution in [1.82, 2.24) is 5.32 Å². The van der Waals surface area contributed by atoms with Crippen LogP contribution in [0.25, 0.3) is 0 Å². The summed E-state index contributed by atoms with van der Waals surface area (Å²) in [6, 6.07) is 10.7. The first-order valence-corrected chi connectivity index (χ1v) is 8.72. The minimum Gasteiger partial charge on any atom is -0.355 e. The zero-order valence-electron chi connectivity index (χ0n) is 14.5. The lowest BCUT2D eigenvalue weighted by molar-refractivity contribution is -0.137. The molecule has 1 aliphatic heterocycles. The van der Waals surface area contributed by atoms with Gasteiger partial charge in [-0.25, -0.2) is 4.39 Å². The van der Waals surface area contributed by atoms with Crippen LogP contribution in [0, 0.1) is 11.7 Å². The molecule has 9 heteroatoms. The summed E-state index contributed by atoms with van der Waals surface area (Å²) in [5, 5.41) is 4.93. The van der Waals surface area contributed by atoms with Crippen LogP contribution >= 0.6 is 11.6 Å². The number of piperidine rings is 1. The van der Waals surface area contributed by atoms with Crippen LogP contribution in [0.15, 0.2) is 48.5 Å². The molecule has 3 rings (SSSR count). The van der Waals surface area contributed by atoms with Gasteiger partial charge in [0.25, 0.3) is 0 Å². The molecule has 0 bridgehead atoms. The van der Waals surface area contributed by atoms with Crippen LogP contribution in [-0.2, 0) is 15.8 Å². The largest absolute Gasteiger partial charge is 0.416 e. The van der Waals surface area contributed by atoms with E-state index in [1.54, 1.807) is 6.07 Å². The Labute approximate surface area is 163 Å². The molecule has 1 fully saturated rings. The maximum Gasteiger partial charge on any atom is 0.416 e. The number of benzene rings is 2. The van der Waals surface area contributed by atoms with E-state index in [1.165, 1.54) is 30.3 Å².